The highest BCUT2D eigenvalue weighted by Gasteiger charge is 2.46. The van der Waals surface area contributed by atoms with Gasteiger partial charge >= 0.3 is 0 Å². The lowest BCUT2D eigenvalue weighted by Crippen LogP contribution is -2.37. The summed E-state index contributed by atoms with van der Waals surface area (Å²) < 4.78 is 0. The summed E-state index contributed by atoms with van der Waals surface area (Å²) in [6.45, 7) is 0.893. The first-order valence-corrected chi connectivity index (χ1v) is 4.30. The molecule has 2 rings (SSSR count). The predicted molar refractivity (Wildman–Crippen MR) is 43.9 cm³/mol. The van der Waals surface area contributed by atoms with Crippen LogP contribution in [0.3, 0.4) is 0 Å². The summed E-state index contributed by atoms with van der Waals surface area (Å²) in [6, 6.07) is 0. The number of fused-ring (bicyclic) bond motifs is 2. The minimum Gasteiger partial charge on any atom is -0.396 e. The predicted octanol–water partition coefficient (Wildman–Crippen LogP) is 0.520. The second-order valence-electron chi connectivity index (χ2n) is 3.92. The maximum Gasteiger partial charge on any atom is 0.0505 e. The summed E-state index contributed by atoms with van der Waals surface area (Å²) in [5.41, 5.74) is 5.71. The fourth-order valence-electron chi connectivity index (χ4n) is 2.53. The van der Waals surface area contributed by atoms with Gasteiger partial charge in [0.2, 0.25) is 0 Å². The van der Waals surface area contributed by atoms with Gasteiger partial charge in [-0.2, -0.15) is 0 Å². The molecule has 62 valence electrons. The van der Waals surface area contributed by atoms with Gasteiger partial charge in [-0.15, -0.1) is 0 Å². The summed E-state index contributed by atoms with van der Waals surface area (Å²) in [6.07, 6.45) is 6.82. The zero-order chi connectivity index (χ0) is 7.90. The Morgan fingerprint density at radius 1 is 1.55 bits per heavy atom. The fraction of sp³-hybridized carbons (Fsp3) is 0.778. The average Bonchev–Trinajstić information content (AvgIpc) is 2.62. The summed E-state index contributed by atoms with van der Waals surface area (Å²) in [5.74, 6) is 1.26. The second kappa shape index (κ2) is 2.32. The molecule has 0 amide bonds. The maximum absolute atomic E-state index is 9.22. The summed E-state index contributed by atoms with van der Waals surface area (Å²) >= 11 is 0. The van der Waals surface area contributed by atoms with E-state index in [-0.39, 0.29) is 12.0 Å². The lowest BCUT2D eigenvalue weighted by Gasteiger charge is -2.31. The molecule has 0 aromatic carbocycles. The van der Waals surface area contributed by atoms with Gasteiger partial charge < -0.3 is 10.8 Å². The Hall–Kier alpha value is -0.340. The molecule has 0 radical (unpaired) electrons. The molecule has 0 aromatic rings. The van der Waals surface area contributed by atoms with Crippen LogP contribution in [0.25, 0.3) is 0 Å². The number of rotatable bonds is 2. The van der Waals surface area contributed by atoms with E-state index in [1.54, 1.807) is 0 Å². The van der Waals surface area contributed by atoms with Crippen LogP contribution in [0.5, 0.6) is 0 Å². The van der Waals surface area contributed by atoms with Gasteiger partial charge in [-0.05, 0) is 24.7 Å². The Morgan fingerprint density at radius 3 is 2.64 bits per heavy atom. The highest BCUT2D eigenvalue weighted by atomic mass is 16.3. The van der Waals surface area contributed by atoms with E-state index < -0.39 is 0 Å². The lowest BCUT2D eigenvalue weighted by molar-refractivity contribution is 0.106. The van der Waals surface area contributed by atoms with Gasteiger partial charge in [-0.1, -0.05) is 12.2 Å². The monoisotopic (exact) mass is 153 g/mol. The van der Waals surface area contributed by atoms with Crippen molar-refractivity contribution >= 4 is 0 Å². The number of nitrogens with two attached hydrogens (primary N) is 1. The van der Waals surface area contributed by atoms with Gasteiger partial charge in [0.15, 0.2) is 0 Å². The summed E-state index contributed by atoms with van der Waals surface area (Å²) in [5, 5.41) is 9.22. The van der Waals surface area contributed by atoms with Crippen LogP contribution in [0.4, 0.5) is 0 Å². The highest BCUT2D eigenvalue weighted by Crippen LogP contribution is 2.51. The molecule has 3 unspecified atom stereocenters. The van der Waals surface area contributed by atoms with Gasteiger partial charge in [0.05, 0.1) is 6.61 Å². The molecule has 0 heterocycles. The molecule has 0 aliphatic heterocycles. The Labute approximate surface area is 67.1 Å². The average molecular weight is 153 g/mol. The molecule has 11 heavy (non-hydrogen) atoms. The van der Waals surface area contributed by atoms with Crippen molar-refractivity contribution in [3.63, 3.8) is 0 Å². The Morgan fingerprint density at radius 2 is 2.36 bits per heavy atom. The number of aliphatic hydroxyl groups excluding tert-OH is 1. The first kappa shape index (κ1) is 7.32. The Kier molecular flexibility index (Phi) is 1.55. The molecule has 3 atom stereocenters. The largest absolute Gasteiger partial charge is 0.396 e. The molecule has 3 N–H and O–H groups in total. The molecule has 0 spiro atoms. The van der Waals surface area contributed by atoms with Crippen molar-refractivity contribution in [2.75, 3.05) is 13.2 Å². The van der Waals surface area contributed by atoms with E-state index in [0.717, 1.165) is 6.42 Å². The maximum atomic E-state index is 9.22. The summed E-state index contributed by atoms with van der Waals surface area (Å²) in [4.78, 5) is 0. The standard InChI is InChI=1S/C9H15NO/c10-5-9(6-11)4-7-1-2-8(9)3-7/h1-2,7-8,11H,3-6,10H2. The van der Waals surface area contributed by atoms with Crippen LogP contribution in [-0.2, 0) is 0 Å². The third-order valence-corrected chi connectivity index (χ3v) is 3.35. The quantitative estimate of drug-likeness (QED) is 0.568. The van der Waals surface area contributed by atoms with E-state index in [1.807, 2.05) is 0 Å². The molecule has 2 heteroatoms. The van der Waals surface area contributed by atoms with Gasteiger partial charge in [0, 0.05) is 12.0 Å². The van der Waals surface area contributed by atoms with Crippen molar-refractivity contribution in [3.05, 3.63) is 12.2 Å². The second-order valence-corrected chi connectivity index (χ2v) is 3.92. The van der Waals surface area contributed by atoms with E-state index in [9.17, 15) is 5.11 Å². The third-order valence-electron chi connectivity index (χ3n) is 3.35. The minimum atomic E-state index is 0.0411. The van der Waals surface area contributed by atoms with Crippen LogP contribution >= 0.6 is 0 Å². The zero-order valence-electron chi connectivity index (χ0n) is 6.66. The van der Waals surface area contributed by atoms with Crippen LogP contribution < -0.4 is 5.73 Å². The molecule has 2 aliphatic carbocycles. The smallest absolute Gasteiger partial charge is 0.0505 e. The van der Waals surface area contributed by atoms with Crippen molar-refractivity contribution in [2.45, 2.75) is 12.8 Å². The topological polar surface area (TPSA) is 46.2 Å². The SMILES string of the molecule is NCC1(CO)CC2C=CC1C2. The van der Waals surface area contributed by atoms with Crippen molar-refractivity contribution in [1.29, 1.82) is 0 Å². The van der Waals surface area contributed by atoms with Gasteiger partial charge in [0.1, 0.15) is 0 Å². The molecule has 2 nitrogen and oxygen atoms in total. The van der Waals surface area contributed by atoms with E-state index in [2.05, 4.69) is 12.2 Å². The Balaban J connectivity index is 2.21. The summed E-state index contributed by atoms with van der Waals surface area (Å²) in [7, 11) is 0. The van der Waals surface area contributed by atoms with Crippen molar-refractivity contribution in [1.82, 2.24) is 0 Å². The lowest BCUT2D eigenvalue weighted by atomic mass is 9.76. The third kappa shape index (κ3) is 0.861. The van der Waals surface area contributed by atoms with Gasteiger partial charge in [0.25, 0.3) is 0 Å². The van der Waals surface area contributed by atoms with Crippen LogP contribution in [0.1, 0.15) is 12.8 Å². The first-order chi connectivity index (χ1) is 5.30. The van der Waals surface area contributed by atoms with E-state index in [4.69, 9.17) is 5.73 Å². The molecular weight excluding hydrogens is 138 g/mol. The molecule has 2 bridgehead atoms. The molecule has 0 aromatic heterocycles. The van der Waals surface area contributed by atoms with Crippen LogP contribution in [0.2, 0.25) is 0 Å². The fourth-order valence-corrected chi connectivity index (χ4v) is 2.53. The normalized spacial score (nSPS) is 47.1. The molecule has 2 aliphatic rings. The van der Waals surface area contributed by atoms with Crippen LogP contribution in [-0.4, -0.2) is 18.3 Å². The molecule has 1 fully saturated rings. The highest BCUT2D eigenvalue weighted by molar-refractivity contribution is 5.15. The van der Waals surface area contributed by atoms with Crippen molar-refractivity contribution < 1.29 is 5.11 Å². The van der Waals surface area contributed by atoms with Crippen molar-refractivity contribution in [2.24, 2.45) is 23.0 Å². The number of allylic oxidation sites excluding steroid dienone is 2. The van der Waals surface area contributed by atoms with E-state index >= 15 is 0 Å². The first-order valence-electron chi connectivity index (χ1n) is 4.30. The minimum absolute atomic E-state index is 0.0411. The van der Waals surface area contributed by atoms with Crippen molar-refractivity contribution in [3.8, 4) is 0 Å². The zero-order valence-corrected chi connectivity index (χ0v) is 6.66. The van der Waals surface area contributed by atoms with E-state index in [0.29, 0.717) is 18.4 Å². The number of hydrogen-bond donors (Lipinski definition) is 2. The number of aliphatic hydroxyl groups is 1. The molecule has 0 saturated heterocycles. The van der Waals surface area contributed by atoms with Gasteiger partial charge in [-0.3, -0.25) is 0 Å². The van der Waals surface area contributed by atoms with Crippen LogP contribution in [0.15, 0.2) is 12.2 Å². The van der Waals surface area contributed by atoms with Gasteiger partial charge in [-0.25, -0.2) is 0 Å². The van der Waals surface area contributed by atoms with Crippen LogP contribution in [0, 0.1) is 17.3 Å². The Bertz CT molecular complexity index is 184. The molecule has 1 saturated carbocycles. The number of hydrogen-bond acceptors (Lipinski definition) is 2. The molecular formula is C9H15NO. The van der Waals surface area contributed by atoms with E-state index in [1.165, 1.54) is 6.42 Å².